The minimum absolute atomic E-state index is 1.15. The third-order valence-corrected chi connectivity index (χ3v) is 2.62. The van der Waals surface area contributed by atoms with Gasteiger partial charge in [-0.15, -0.1) is 0 Å². The number of hydrogen-bond acceptors (Lipinski definition) is 0. The van der Waals surface area contributed by atoms with Crippen LogP contribution >= 0.6 is 0 Å². The van der Waals surface area contributed by atoms with E-state index in [0.717, 1.165) is 6.42 Å². The van der Waals surface area contributed by atoms with Crippen LogP contribution < -0.4 is 0 Å². The summed E-state index contributed by atoms with van der Waals surface area (Å²) in [6.45, 7) is 2.24. The summed E-state index contributed by atoms with van der Waals surface area (Å²) in [6, 6.07) is 10.6. The van der Waals surface area contributed by atoms with Crippen molar-refractivity contribution in [1.82, 2.24) is 0 Å². The molecule has 0 aromatic heterocycles. The predicted molar refractivity (Wildman–Crippen MR) is 62.0 cm³/mol. The zero-order valence-corrected chi connectivity index (χ0v) is 8.66. The fourth-order valence-corrected chi connectivity index (χ4v) is 1.91. The second-order valence-electron chi connectivity index (χ2n) is 3.78. The molecule has 0 saturated carbocycles. The van der Waals surface area contributed by atoms with Crippen molar-refractivity contribution in [2.45, 2.75) is 26.2 Å². The Balaban J connectivity index is 2.15. The van der Waals surface area contributed by atoms with Crippen molar-refractivity contribution in [3.63, 3.8) is 0 Å². The summed E-state index contributed by atoms with van der Waals surface area (Å²) in [5.41, 5.74) is 4.32. The molecule has 0 spiro atoms. The van der Waals surface area contributed by atoms with Crippen molar-refractivity contribution in [1.29, 1.82) is 0 Å². The molecule has 0 radical (unpaired) electrons. The van der Waals surface area contributed by atoms with Gasteiger partial charge >= 0.3 is 0 Å². The number of hydrogen-bond donors (Lipinski definition) is 0. The lowest BCUT2D eigenvalue weighted by molar-refractivity contribution is 0.887. The molecule has 72 valence electrons. The molecule has 0 heteroatoms. The van der Waals surface area contributed by atoms with Crippen LogP contribution in [-0.4, -0.2) is 0 Å². The van der Waals surface area contributed by atoms with Crippen LogP contribution in [0.4, 0.5) is 0 Å². The summed E-state index contributed by atoms with van der Waals surface area (Å²) in [5, 5.41) is 0. The molecule has 1 aromatic rings. The lowest BCUT2D eigenvalue weighted by Gasteiger charge is -1.98. The topological polar surface area (TPSA) is 0 Å². The number of allylic oxidation sites excluding steroid dienone is 4. The highest BCUT2D eigenvalue weighted by Crippen LogP contribution is 2.28. The van der Waals surface area contributed by atoms with Gasteiger partial charge in [0.1, 0.15) is 0 Å². The molecule has 1 aromatic carbocycles. The van der Waals surface area contributed by atoms with Crippen LogP contribution in [0.1, 0.15) is 31.7 Å². The molecule has 1 aliphatic rings. The van der Waals surface area contributed by atoms with Crippen LogP contribution in [0.2, 0.25) is 0 Å². The molecule has 0 fully saturated rings. The van der Waals surface area contributed by atoms with E-state index in [2.05, 4.69) is 49.4 Å². The second kappa shape index (κ2) is 4.28. The molecular weight excluding hydrogens is 168 g/mol. The molecule has 1 aliphatic carbocycles. The van der Waals surface area contributed by atoms with Crippen LogP contribution in [-0.2, 0) is 0 Å². The van der Waals surface area contributed by atoms with E-state index >= 15 is 0 Å². The molecule has 0 atom stereocenters. The van der Waals surface area contributed by atoms with Gasteiger partial charge in [-0.3, -0.25) is 0 Å². The highest BCUT2D eigenvalue weighted by atomic mass is 14.1. The van der Waals surface area contributed by atoms with Gasteiger partial charge in [-0.25, -0.2) is 0 Å². The molecule has 0 aliphatic heterocycles. The van der Waals surface area contributed by atoms with Crippen molar-refractivity contribution in [2.75, 3.05) is 0 Å². The Morgan fingerprint density at radius 2 is 1.93 bits per heavy atom. The van der Waals surface area contributed by atoms with Gasteiger partial charge in [0.25, 0.3) is 0 Å². The maximum Gasteiger partial charge on any atom is -0.0126 e. The largest absolute Gasteiger partial charge is 0.0726 e. The zero-order valence-electron chi connectivity index (χ0n) is 8.66. The molecule has 14 heavy (non-hydrogen) atoms. The van der Waals surface area contributed by atoms with Gasteiger partial charge in [-0.2, -0.15) is 0 Å². The van der Waals surface area contributed by atoms with E-state index in [4.69, 9.17) is 0 Å². The monoisotopic (exact) mass is 184 g/mol. The van der Waals surface area contributed by atoms with Gasteiger partial charge in [0.15, 0.2) is 0 Å². The highest BCUT2D eigenvalue weighted by molar-refractivity contribution is 5.77. The third kappa shape index (κ3) is 1.95. The van der Waals surface area contributed by atoms with Crippen LogP contribution in [0.25, 0.3) is 5.57 Å². The third-order valence-electron chi connectivity index (χ3n) is 2.62. The summed E-state index contributed by atoms with van der Waals surface area (Å²) in [7, 11) is 0. The molecular formula is C14H16. The molecule has 0 N–H and O–H groups in total. The Labute approximate surface area is 86.0 Å². The van der Waals surface area contributed by atoms with Crippen LogP contribution in [0, 0.1) is 0 Å². The molecule has 0 saturated heterocycles. The molecule has 0 amide bonds. The first kappa shape index (κ1) is 9.26. The van der Waals surface area contributed by atoms with Gasteiger partial charge in [0.05, 0.1) is 0 Å². The minimum atomic E-state index is 1.15. The van der Waals surface area contributed by atoms with Gasteiger partial charge in [0, 0.05) is 0 Å². The molecule has 0 heterocycles. The Hall–Kier alpha value is -1.30. The second-order valence-corrected chi connectivity index (χ2v) is 3.78. The first-order chi connectivity index (χ1) is 6.90. The van der Waals surface area contributed by atoms with E-state index in [-0.39, 0.29) is 0 Å². The highest BCUT2D eigenvalue weighted by Gasteiger charge is 2.06. The average Bonchev–Trinajstić information content (AvgIpc) is 2.68. The molecule has 0 unspecified atom stereocenters. The van der Waals surface area contributed by atoms with E-state index in [9.17, 15) is 0 Å². The summed E-state index contributed by atoms with van der Waals surface area (Å²) >= 11 is 0. The number of rotatable bonds is 3. The zero-order chi connectivity index (χ0) is 9.80. The Morgan fingerprint density at radius 1 is 1.14 bits per heavy atom. The maximum atomic E-state index is 2.35. The van der Waals surface area contributed by atoms with Gasteiger partial charge in [0.2, 0.25) is 0 Å². The first-order valence-electron chi connectivity index (χ1n) is 5.35. The van der Waals surface area contributed by atoms with Gasteiger partial charge in [-0.1, -0.05) is 61.4 Å². The van der Waals surface area contributed by atoms with Gasteiger partial charge < -0.3 is 0 Å². The summed E-state index contributed by atoms with van der Waals surface area (Å²) in [5.74, 6) is 0. The predicted octanol–water partition coefficient (Wildman–Crippen LogP) is 4.20. The van der Waals surface area contributed by atoms with Crippen molar-refractivity contribution in [3.05, 3.63) is 53.6 Å². The molecule has 2 rings (SSSR count). The Morgan fingerprint density at radius 3 is 2.64 bits per heavy atom. The van der Waals surface area contributed by atoms with E-state index in [1.54, 1.807) is 5.57 Å². The molecule has 0 bridgehead atoms. The Kier molecular flexibility index (Phi) is 2.83. The van der Waals surface area contributed by atoms with Crippen molar-refractivity contribution < 1.29 is 0 Å². The lowest BCUT2D eigenvalue weighted by Crippen LogP contribution is -1.77. The van der Waals surface area contributed by atoms with Crippen LogP contribution in [0.5, 0.6) is 0 Å². The summed E-state index contributed by atoms with van der Waals surface area (Å²) in [4.78, 5) is 0. The first-order valence-corrected chi connectivity index (χ1v) is 5.35. The minimum Gasteiger partial charge on any atom is -0.0726 e. The van der Waals surface area contributed by atoms with Crippen LogP contribution in [0.15, 0.2) is 48.1 Å². The van der Waals surface area contributed by atoms with Crippen molar-refractivity contribution in [2.24, 2.45) is 0 Å². The van der Waals surface area contributed by atoms with Crippen LogP contribution in [0.3, 0.4) is 0 Å². The van der Waals surface area contributed by atoms with Gasteiger partial charge in [-0.05, 0) is 24.0 Å². The van der Waals surface area contributed by atoms with E-state index in [1.807, 2.05) is 0 Å². The molecule has 0 nitrogen and oxygen atoms in total. The van der Waals surface area contributed by atoms with E-state index in [0.29, 0.717) is 0 Å². The quantitative estimate of drug-likeness (QED) is 0.660. The summed E-state index contributed by atoms with van der Waals surface area (Å²) in [6.07, 6.45) is 8.33. The SMILES string of the molecule is CCCC1=CC(c2ccccc2)=CC1. The van der Waals surface area contributed by atoms with Crippen molar-refractivity contribution in [3.8, 4) is 0 Å². The van der Waals surface area contributed by atoms with E-state index in [1.165, 1.54) is 24.0 Å². The normalized spacial score (nSPS) is 15.2. The standard InChI is InChI=1S/C14H16/c1-2-6-12-9-10-14(11-12)13-7-4-3-5-8-13/h3-5,7-8,10-11H,2,6,9H2,1H3. The summed E-state index contributed by atoms with van der Waals surface area (Å²) < 4.78 is 0. The Bertz CT molecular complexity index is 355. The van der Waals surface area contributed by atoms with E-state index < -0.39 is 0 Å². The maximum absolute atomic E-state index is 2.35. The lowest BCUT2D eigenvalue weighted by atomic mass is 10.1. The smallest absolute Gasteiger partial charge is 0.0126 e. The fourth-order valence-electron chi connectivity index (χ4n) is 1.91. The average molecular weight is 184 g/mol. The number of benzene rings is 1. The fraction of sp³-hybridized carbons (Fsp3) is 0.286. The van der Waals surface area contributed by atoms with Crippen molar-refractivity contribution >= 4 is 5.57 Å².